The van der Waals surface area contributed by atoms with Crippen LogP contribution in [0.3, 0.4) is 0 Å². The molecular weight excluding hydrogens is 372 g/mol. The van der Waals surface area contributed by atoms with Gasteiger partial charge in [-0.05, 0) is 45.4 Å². The molecule has 0 saturated carbocycles. The Kier molecular flexibility index (Phi) is 17.1. The van der Waals surface area contributed by atoms with E-state index in [9.17, 15) is 19.8 Å². The van der Waals surface area contributed by atoms with Crippen molar-refractivity contribution in [1.29, 1.82) is 0 Å². The fourth-order valence-electron chi connectivity index (χ4n) is 2.98. The lowest BCUT2D eigenvalue weighted by Crippen LogP contribution is -2.15. The van der Waals surface area contributed by atoms with Crippen LogP contribution in [0.15, 0.2) is 23.5 Å². The molecular formula is C23H40O6. The molecule has 0 aliphatic heterocycles. The summed E-state index contributed by atoms with van der Waals surface area (Å²) < 4.78 is 9.38. The van der Waals surface area contributed by atoms with Gasteiger partial charge in [0.2, 0.25) is 5.76 Å². The SMILES string of the molecule is CCCCCC[C@H](O)C/C=C/CCCCCC/C(C(=O)OC)=C(/O)C(=O)OCC. The van der Waals surface area contributed by atoms with Crippen LogP contribution < -0.4 is 0 Å². The van der Waals surface area contributed by atoms with Crippen LogP contribution in [0.2, 0.25) is 0 Å². The van der Waals surface area contributed by atoms with Gasteiger partial charge in [0.25, 0.3) is 0 Å². The van der Waals surface area contributed by atoms with Gasteiger partial charge in [0, 0.05) is 0 Å². The van der Waals surface area contributed by atoms with Gasteiger partial charge in [0.1, 0.15) is 0 Å². The van der Waals surface area contributed by atoms with Crippen molar-refractivity contribution in [3.63, 3.8) is 0 Å². The van der Waals surface area contributed by atoms with Gasteiger partial charge in [-0.15, -0.1) is 0 Å². The van der Waals surface area contributed by atoms with E-state index in [1.54, 1.807) is 6.92 Å². The number of ether oxygens (including phenoxy) is 2. The van der Waals surface area contributed by atoms with Crippen LogP contribution in [0.1, 0.15) is 90.9 Å². The van der Waals surface area contributed by atoms with Gasteiger partial charge in [0.15, 0.2) is 0 Å². The Labute approximate surface area is 176 Å². The summed E-state index contributed by atoms with van der Waals surface area (Å²) in [5.41, 5.74) is -0.0289. The first-order valence-corrected chi connectivity index (χ1v) is 11.0. The van der Waals surface area contributed by atoms with E-state index in [0.29, 0.717) is 12.8 Å². The van der Waals surface area contributed by atoms with Crippen LogP contribution in [0.25, 0.3) is 0 Å². The van der Waals surface area contributed by atoms with Gasteiger partial charge in [-0.25, -0.2) is 9.59 Å². The zero-order valence-electron chi connectivity index (χ0n) is 18.5. The number of carbonyl (C=O) groups is 2. The standard InChI is InChI=1S/C23H40O6/c1-4-6-7-13-16-19(24)17-14-11-9-8-10-12-15-18-20(22(26)28-3)21(25)23(27)29-5-2/h11,14,19,24-25H,4-10,12-13,15-18H2,1-3H3/b14-11+,21-20-/t19-/m0/s1. The highest BCUT2D eigenvalue weighted by molar-refractivity contribution is 5.98. The number of rotatable bonds is 17. The Hall–Kier alpha value is -1.82. The maximum Gasteiger partial charge on any atom is 0.373 e. The number of allylic oxidation sites excluding steroid dienone is 1. The van der Waals surface area contributed by atoms with Crippen LogP contribution in [0.4, 0.5) is 0 Å². The Balaban J connectivity index is 4.02. The van der Waals surface area contributed by atoms with Gasteiger partial charge < -0.3 is 19.7 Å². The van der Waals surface area contributed by atoms with Crippen molar-refractivity contribution in [2.24, 2.45) is 0 Å². The fourth-order valence-corrected chi connectivity index (χ4v) is 2.98. The molecule has 0 heterocycles. The summed E-state index contributed by atoms with van der Waals surface area (Å²) >= 11 is 0. The maximum absolute atomic E-state index is 11.8. The second-order valence-electron chi connectivity index (χ2n) is 7.20. The molecule has 0 spiro atoms. The van der Waals surface area contributed by atoms with Gasteiger partial charge in [-0.2, -0.15) is 0 Å². The van der Waals surface area contributed by atoms with Crippen LogP contribution >= 0.6 is 0 Å². The molecule has 0 aliphatic rings. The summed E-state index contributed by atoms with van der Waals surface area (Å²) in [6.45, 7) is 3.94. The average molecular weight is 413 g/mol. The van der Waals surface area contributed by atoms with E-state index in [1.165, 1.54) is 26.4 Å². The molecule has 168 valence electrons. The van der Waals surface area contributed by atoms with Crippen molar-refractivity contribution >= 4 is 11.9 Å². The summed E-state index contributed by atoms with van der Waals surface area (Å²) in [4.78, 5) is 23.4. The molecule has 2 N–H and O–H groups in total. The highest BCUT2D eigenvalue weighted by atomic mass is 16.5. The lowest BCUT2D eigenvalue weighted by Gasteiger charge is -2.08. The summed E-state index contributed by atoms with van der Waals surface area (Å²) in [6, 6.07) is 0. The van der Waals surface area contributed by atoms with Crippen LogP contribution in [0, 0.1) is 0 Å². The molecule has 0 amide bonds. The van der Waals surface area contributed by atoms with Gasteiger partial charge >= 0.3 is 11.9 Å². The third-order valence-electron chi connectivity index (χ3n) is 4.70. The van der Waals surface area contributed by atoms with Crippen molar-refractivity contribution in [3.05, 3.63) is 23.5 Å². The van der Waals surface area contributed by atoms with Gasteiger partial charge in [-0.3, -0.25) is 0 Å². The highest BCUT2D eigenvalue weighted by Gasteiger charge is 2.21. The first-order chi connectivity index (χ1) is 14.0. The molecule has 0 aromatic rings. The molecule has 29 heavy (non-hydrogen) atoms. The van der Waals surface area contributed by atoms with Gasteiger partial charge in [0.05, 0.1) is 25.4 Å². The summed E-state index contributed by atoms with van der Waals surface area (Å²) in [6.07, 6.45) is 15.0. The van der Waals surface area contributed by atoms with E-state index in [2.05, 4.69) is 23.8 Å². The molecule has 6 heteroatoms. The Morgan fingerprint density at radius 1 is 0.931 bits per heavy atom. The number of hydrogen-bond acceptors (Lipinski definition) is 6. The Morgan fingerprint density at radius 3 is 2.28 bits per heavy atom. The molecule has 0 aromatic carbocycles. The number of carbonyl (C=O) groups excluding carboxylic acids is 2. The third-order valence-corrected chi connectivity index (χ3v) is 4.70. The number of unbranched alkanes of at least 4 members (excludes halogenated alkanes) is 7. The minimum absolute atomic E-state index is 0.0289. The normalized spacial score (nSPS) is 13.2. The molecule has 0 aromatic heterocycles. The smallest absolute Gasteiger partial charge is 0.373 e. The Bertz CT molecular complexity index is 509. The molecule has 0 unspecified atom stereocenters. The van der Waals surface area contributed by atoms with E-state index < -0.39 is 17.7 Å². The zero-order chi connectivity index (χ0) is 21.9. The lowest BCUT2D eigenvalue weighted by atomic mass is 10.0. The number of aliphatic hydroxyl groups is 2. The molecule has 0 bridgehead atoms. The number of methoxy groups -OCH3 is 1. The largest absolute Gasteiger partial charge is 0.501 e. The Morgan fingerprint density at radius 2 is 1.62 bits per heavy atom. The monoisotopic (exact) mass is 412 g/mol. The van der Waals surface area contributed by atoms with Crippen molar-refractivity contribution in [2.75, 3.05) is 13.7 Å². The van der Waals surface area contributed by atoms with Crippen molar-refractivity contribution in [1.82, 2.24) is 0 Å². The van der Waals surface area contributed by atoms with Gasteiger partial charge in [-0.1, -0.05) is 57.6 Å². The molecule has 1 atom stereocenters. The summed E-state index contributed by atoms with van der Waals surface area (Å²) in [5.74, 6) is -2.26. The minimum atomic E-state index is -0.898. The molecule has 0 fully saturated rings. The van der Waals surface area contributed by atoms with Crippen molar-refractivity contribution in [3.8, 4) is 0 Å². The molecule has 0 rings (SSSR count). The maximum atomic E-state index is 11.8. The number of aliphatic hydroxyl groups excluding tert-OH is 2. The molecule has 6 nitrogen and oxygen atoms in total. The third kappa shape index (κ3) is 13.9. The first-order valence-electron chi connectivity index (χ1n) is 11.0. The van der Waals surface area contributed by atoms with Crippen LogP contribution in [-0.2, 0) is 19.1 Å². The summed E-state index contributed by atoms with van der Waals surface area (Å²) in [5, 5.41) is 19.8. The second kappa shape index (κ2) is 18.2. The van der Waals surface area contributed by atoms with Crippen molar-refractivity contribution in [2.45, 2.75) is 97.0 Å². The average Bonchev–Trinajstić information content (AvgIpc) is 2.71. The van der Waals surface area contributed by atoms with E-state index in [4.69, 9.17) is 4.74 Å². The second-order valence-corrected chi connectivity index (χ2v) is 7.20. The highest BCUT2D eigenvalue weighted by Crippen LogP contribution is 2.16. The van der Waals surface area contributed by atoms with E-state index in [1.807, 2.05) is 0 Å². The topological polar surface area (TPSA) is 93.1 Å². The summed E-state index contributed by atoms with van der Waals surface area (Å²) in [7, 11) is 1.22. The van der Waals surface area contributed by atoms with Crippen LogP contribution in [0.5, 0.6) is 0 Å². The molecule has 0 radical (unpaired) electrons. The predicted octanol–water partition coefficient (Wildman–Crippen LogP) is 5.15. The first kappa shape index (κ1) is 27.2. The van der Waals surface area contributed by atoms with Crippen molar-refractivity contribution < 1.29 is 29.3 Å². The van der Waals surface area contributed by atoms with E-state index >= 15 is 0 Å². The fraction of sp³-hybridized carbons (Fsp3) is 0.739. The molecule has 0 saturated heterocycles. The predicted molar refractivity (Wildman–Crippen MR) is 115 cm³/mol. The lowest BCUT2D eigenvalue weighted by molar-refractivity contribution is -0.143. The number of hydrogen-bond donors (Lipinski definition) is 2. The number of esters is 2. The van der Waals surface area contributed by atoms with E-state index in [-0.39, 0.29) is 24.7 Å². The van der Waals surface area contributed by atoms with E-state index in [0.717, 1.165) is 38.5 Å². The van der Waals surface area contributed by atoms with Crippen LogP contribution in [-0.4, -0.2) is 42.0 Å². The quantitative estimate of drug-likeness (QED) is 0.113. The zero-order valence-corrected chi connectivity index (χ0v) is 18.5. The minimum Gasteiger partial charge on any atom is -0.501 e. The molecule has 0 aliphatic carbocycles.